The summed E-state index contributed by atoms with van der Waals surface area (Å²) >= 11 is 0. The average molecular weight is 359 g/mol. The van der Waals surface area contributed by atoms with Crippen LogP contribution in [0.3, 0.4) is 0 Å². The molecule has 0 aliphatic carbocycles. The van der Waals surface area contributed by atoms with E-state index in [4.69, 9.17) is 4.52 Å². The quantitative estimate of drug-likeness (QED) is 0.572. The van der Waals surface area contributed by atoms with Crippen molar-refractivity contribution in [3.8, 4) is 17.0 Å². The summed E-state index contributed by atoms with van der Waals surface area (Å²) in [5, 5.41) is 11.0. The van der Waals surface area contributed by atoms with Gasteiger partial charge in [-0.3, -0.25) is 9.78 Å². The zero-order valence-electron chi connectivity index (χ0n) is 14.4. The van der Waals surface area contributed by atoms with E-state index in [9.17, 15) is 4.79 Å². The van der Waals surface area contributed by atoms with Gasteiger partial charge in [-0.2, -0.15) is 5.10 Å². The van der Waals surface area contributed by atoms with E-state index in [1.807, 2.05) is 47.3 Å². The lowest BCUT2D eigenvalue weighted by Crippen LogP contribution is -2.25. The van der Waals surface area contributed by atoms with Crippen LogP contribution < -0.4 is 5.32 Å². The molecule has 4 rings (SSSR count). The van der Waals surface area contributed by atoms with Gasteiger partial charge in [0.05, 0.1) is 11.9 Å². The predicted molar refractivity (Wildman–Crippen MR) is 99.3 cm³/mol. The van der Waals surface area contributed by atoms with Crippen LogP contribution in [0.15, 0.2) is 77.8 Å². The summed E-state index contributed by atoms with van der Waals surface area (Å²) in [5.41, 5.74) is 3.06. The largest absolute Gasteiger partial charge is 0.355 e. The monoisotopic (exact) mass is 359 g/mol. The molecule has 4 aromatic rings. The molecule has 1 amide bonds. The lowest BCUT2D eigenvalue weighted by atomic mass is 10.2. The van der Waals surface area contributed by atoms with Gasteiger partial charge in [-0.25, -0.2) is 4.68 Å². The second kappa shape index (κ2) is 7.65. The summed E-state index contributed by atoms with van der Waals surface area (Å²) in [7, 11) is 0. The Bertz CT molecular complexity index is 1020. The number of nitrogens with one attached hydrogen (secondary N) is 1. The fourth-order valence-corrected chi connectivity index (χ4v) is 2.65. The minimum absolute atomic E-state index is 0.244. The molecule has 0 aliphatic rings. The van der Waals surface area contributed by atoms with E-state index >= 15 is 0 Å². The van der Waals surface area contributed by atoms with Crippen molar-refractivity contribution < 1.29 is 9.32 Å². The smallest absolute Gasteiger partial charge is 0.273 e. The van der Waals surface area contributed by atoms with Gasteiger partial charge in [-0.1, -0.05) is 23.4 Å². The van der Waals surface area contributed by atoms with Crippen molar-refractivity contribution in [1.29, 1.82) is 0 Å². The summed E-state index contributed by atoms with van der Waals surface area (Å²) in [4.78, 5) is 16.3. The van der Waals surface area contributed by atoms with Gasteiger partial charge in [-0.15, -0.1) is 0 Å². The first-order chi connectivity index (χ1) is 13.3. The number of carbonyl (C=O) groups is 1. The molecule has 7 nitrogen and oxygen atoms in total. The van der Waals surface area contributed by atoms with Crippen LogP contribution in [0.4, 0.5) is 0 Å². The number of aromatic nitrogens is 4. The fourth-order valence-electron chi connectivity index (χ4n) is 2.65. The number of hydrogen-bond acceptors (Lipinski definition) is 5. The number of pyridine rings is 1. The lowest BCUT2D eigenvalue weighted by molar-refractivity contribution is 0.0945. The van der Waals surface area contributed by atoms with Gasteiger partial charge in [0.25, 0.3) is 5.91 Å². The third-order valence-corrected chi connectivity index (χ3v) is 4.04. The van der Waals surface area contributed by atoms with E-state index in [1.54, 1.807) is 30.7 Å². The summed E-state index contributed by atoms with van der Waals surface area (Å²) in [6.45, 7) is 0.481. The van der Waals surface area contributed by atoms with Gasteiger partial charge in [0.2, 0.25) is 0 Å². The topological polar surface area (TPSA) is 85.8 Å². The van der Waals surface area contributed by atoms with Crippen LogP contribution in [0.25, 0.3) is 17.0 Å². The second-order valence-electron chi connectivity index (χ2n) is 5.95. The molecule has 0 fully saturated rings. The minimum Gasteiger partial charge on any atom is -0.355 e. The number of nitrogens with zero attached hydrogens (tertiary/aromatic N) is 4. The zero-order valence-corrected chi connectivity index (χ0v) is 14.4. The lowest BCUT2D eigenvalue weighted by Gasteiger charge is -2.01. The highest BCUT2D eigenvalue weighted by molar-refractivity contribution is 5.93. The SMILES string of the molecule is O=C(NCCc1cnn(-c2ccccc2)c1)c1cc(-c2cccnc2)on1. The van der Waals surface area contributed by atoms with Gasteiger partial charge >= 0.3 is 0 Å². The highest BCUT2D eigenvalue weighted by Crippen LogP contribution is 2.18. The highest BCUT2D eigenvalue weighted by Gasteiger charge is 2.13. The van der Waals surface area contributed by atoms with Gasteiger partial charge < -0.3 is 9.84 Å². The minimum atomic E-state index is -0.274. The third-order valence-electron chi connectivity index (χ3n) is 4.04. The molecule has 0 unspecified atom stereocenters. The summed E-state index contributed by atoms with van der Waals surface area (Å²) in [6, 6.07) is 15.1. The number of benzene rings is 1. The van der Waals surface area contributed by atoms with Crippen LogP contribution in [0.2, 0.25) is 0 Å². The Kier molecular flexibility index (Phi) is 4.74. The molecule has 0 bridgehead atoms. The Morgan fingerprint density at radius 2 is 2.00 bits per heavy atom. The Labute approximate surface area is 155 Å². The maximum atomic E-state index is 12.2. The van der Waals surface area contributed by atoms with Crippen molar-refractivity contribution in [2.75, 3.05) is 6.54 Å². The normalized spacial score (nSPS) is 10.7. The molecule has 3 heterocycles. The van der Waals surface area contributed by atoms with Gasteiger partial charge in [0.15, 0.2) is 11.5 Å². The van der Waals surface area contributed by atoms with Crippen LogP contribution in [0, 0.1) is 0 Å². The molecule has 0 saturated carbocycles. The molecular formula is C20H17N5O2. The third kappa shape index (κ3) is 3.92. The van der Waals surface area contributed by atoms with Crippen molar-refractivity contribution in [2.45, 2.75) is 6.42 Å². The maximum Gasteiger partial charge on any atom is 0.273 e. The first kappa shape index (κ1) is 16.7. The number of carbonyl (C=O) groups excluding carboxylic acids is 1. The van der Waals surface area contributed by atoms with E-state index in [1.165, 1.54) is 0 Å². The van der Waals surface area contributed by atoms with E-state index in [2.05, 4.69) is 20.6 Å². The molecule has 0 aliphatic heterocycles. The van der Waals surface area contributed by atoms with E-state index in [0.29, 0.717) is 18.7 Å². The molecule has 1 aromatic carbocycles. The molecule has 7 heteroatoms. The van der Waals surface area contributed by atoms with E-state index in [-0.39, 0.29) is 11.6 Å². The van der Waals surface area contributed by atoms with Gasteiger partial charge in [0, 0.05) is 36.8 Å². The predicted octanol–water partition coefficient (Wildman–Crippen LogP) is 2.89. The summed E-state index contributed by atoms with van der Waals surface area (Å²) in [5.74, 6) is 0.238. The summed E-state index contributed by atoms with van der Waals surface area (Å²) < 4.78 is 7.04. The average Bonchev–Trinajstić information content (AvgIpc) is 3.39. The number of rotatable bonds is 6. The Hall–Kier alpha value is -3.74. The van der Waals surface area contributed by atoms with E-state index in [0.717, 1.165) is 16.8 Å². The number of para-hydroxylation sites is 1. The maximum absolute atomic E-state index is 12.2. The number of amides is 1. The molecule has 1 N–H and O–H groups in total. The van der Waals surface area contributed by atoms with Crippen LogP contribution in [-0.4, -0.2) is 32.4 Å². The molecule has 3 aromatic heterocycles. The molecule has 0 atom stereocenters. The molecule has 0 radical (unpaired) electrons. The fraction of sp³-hybridized carbons (Fsp3) is 0.100. The molecule has 27 heavy (non-hydrogen) atoms. The van der Waals surface area contributed by atoms with E-state index < -0.39 is 0 Å². The van der Waals surface area contributed by atoms with Crippen molar-refractivity contribution in [3.63, 3.8) is 0 Å². The Morgan fingerprint density at radius 1 is 1.11 bits per heavy atom. The standard InChI is InChI=1S/C20H17N5O2/c26-20(18-11-19(27-24-18)16-5-4-9-21-13-16)22-10-8-15-12-23-25(14-15)17-6-2-1-3-7-17/h1-7,9,11-14H,8,10H2,(H,22,26). The van der Waals surface area contributed by atoms with Crippen molar-refractivity contribution in [1.82, 2.24) is 25.2 Å². The zero-order chi connectivity index (χ0) is 18.5. The van der Waals surface area contributed by atoms with Crippen molar-refractivity contribution >= 4 is 5.91 Å². The molecule has 0 spiro atoms. The molecule has 0 saturated heterocycles. The van der Waals surface area contributed by atoms with Crippen LogP contribution >= 0.6 is 0 Å². The first-order valence-corrected chi connectivity index (χ1v) is 8.54. The van der Waals surface area contributed by atoms with Crippen LogP contribution in [0.1, 0.15) is 16.1 Å². The second-order valence-corrected chi connectivity index (χ2v) is 5.95. The Balaban J connectivity index is 1.33. The van der Waals surface area contributed by atoms with Gasteiger partial charge in [0.1, 0.15) is 0 Å². The van der Waals surface area contributed by atoms with Gasteiger partial charge in [-0.05, 0) is 36.2 Å². The van der Waals surface area contributed by atoms with Crippen LogP contribution in [0.5, 0.6) is 0 Å². The number of hydrogen-bond donors (Lipinski definition) is 1. The summed E-state index contributed by atoms with van der Waals surface area (Å²) in [6.07, 6.45) is 7.76. The first-order valence-electron chi connectivity index (χ1n) is 8.54. The van der Waals surface area contributed by atoms with Crippen molar-refractivity contribution in [2.24, 2.45) is 0 Å². The molecular weight excluding hydrogens is 342 g/mol. The Morgan fingerprint density at radius 3 is 2.81 bits per heavy atom. The molecule has 134 valence electrons. The van der Waals surface area contributed by atoms with Crippen molar-refractivity contribution in [3.05, 3.63) is 84.6 Å². The highest BCUT2D eigenvalue weighted by atomic mass is 16.5. The van der Waals surface area contributed by atoms with Crippen LogP contribution in [-0.2, 0) is 6.42 Å².